The molecule has 0 bridgehead atoms. The van der Waals surface area contributed by atoms with E-state index in [2.05, 4.69) is 20.0 Å². The van der Waals surface area contributed by atoms with Crippen molar-refractivity contribution in [1.82, 2.24) is 15.5 Å². The van der Waals surface area contributed by atoms with Crippen LogP contribution in [0.3, 0.4) is 0 Å². The maximum absolute atomic E-state index is 11.9. The van der Waals surface area contributed by atoms with Crippen molar-refractivity contribution in [3.63, 3.8) is 0 Å². The molecular formula is C8H12F3N3O. The second-order valence-corrected chi connectivity index (χ2v) is 3.10. The van der Waals surface area contributed by atoms with Crippen LogP contribution >= 0.6 is 0 Å². The molecule has 1 rings (SSSR count). The van der Waals surface area contributed by atoms with Crippen molar-refractivity contribution in [2.75, 3.05) is 13.6 Å². The van der Waals surface area contributed by atoms with Crippen LogP contribution in [-0.2, 0) is 12.8 Å². The first-order valence-electron chi connectivity index (χ1n) is 4.54. The lowest BCUT2D eigenvalue weighted by Crippen LogP contribution is -2.12. The monoisotopic (exact) mass is 223 g/mol. The molecule has 0 aliphatic carbocycles. The van der Waals surface area contributed by atoms with Gasteiger partial charge >= 0.3 is 6.18 Å². The van der Waals surface area contributed by atoms with Crippen molar-refractivity contribution in [1.29, 1.82) is 0 Å². The minimum Gasteiger partial charge on any atom is -0.339 e. The number of nitrogens with one attached hydrogen (secondary N) is 1. The van der Waals surface area contributed by atoms with Crippen LogP contribution < -0.4 is 5.32 Å². The first-order valence-corrected chi connectivity index (χ1v) is 4.54. The first-order chi connectivity index (χ1) is 7.01. The van der Waals surface area contributed by atoms with E-state index in [9.17, 15) is 13.2 Å². The predicted molar refractivity (Wildman–Crippen MR) is 46.3 cm³/mol. The van der Waals surface area contributed by atoms with Gasteiger partial charge in [-0.3, -0.25) is 0 Å². The summed E-state index contributed by atoms with van der Waals surface area (Å²) < 4.78 is 40.4. The maximum atomic E-state index is 11.9. The topological polar surface area (TPSA) is 51.0 Å². The van der Waals surface area contributed by atoms with E-state index >= 15 is 0 Å². The highest BCUT2D eigenvalue weighted by molar-refractivity contribution is 4.88. The van der Waals surface area contributed by atoms with Crippen molar-refractivity contribution in [2.45, 2.75) is 25.4 Å². The lowest BCUT2D eigenvalue weighted by atomic mass is 10.3. The van der Waals surface area contributed by atoms with Gasteiger partial charge in [-0.05, 0) is 20.0 Å². The Morgan fingerprint density at radius 1 is 1.40 bits per heavy atom. The molecule has 0 atom stereocenters. The normalized spacial score (nSPS) is 12.0. The molecule has 1 N–H and O–H groups in total. The van der Waals surface area contributed by atoms with Crippen LogP contribution in [0.25, 0.3) is 0 Å². The van der Waals surface area contributed by atoms with E-state index in [0.717, 1.165) is 13.0 Å². The quantitative estimate of drug-likeness (QED) is 0.765. The van der Waals surface area contributed by atoms with Crippen LogP contribution in [-0.4, -0.2) is 29.9 Å². The lowest BCUT2D eigenvalue weighted by Gasteiger charge is -1.99. The van der Waals surface area contributed by atoms with Gasteiger partial charge in [0, 0.05) is 6.42 Å². The van der Waals surface area contributed by atoms with Gasteiger partial charge in [-0.2, -0.15) is 18.2 Å². The molecule has 0 amide bonds. The molecule has 1 heterocycles. The zero-order valence-electron chi connectivity index (χ0n) is 8.26. The molecule has 0 aliphatic heterocycles. The van der Waals surface area contributed by atoms with E-state index < -0.39 is 12.6 Å². The van der Waals surface area contributed by atoms with Gasteiger partial charge in [0.1, 0.15) is 6.42 Å². The molecule has 7 heteroatoms. The Hall–Kier alpha value is -1.11. The Morgan fingerprint density at radius 2 is 2.13 bits per heavy atom. The van der Waals surface area contributed by atoms with Crippen molar-refractivity contribution < 1.29 is 17.7 Å². The fourth-order valence-corrected chi connectivity index (χ4v) is 1.06. The number of alkyl halides is 3. The summed E-state index contributed by atoms with van der Waals surface area (Å²) >= 11 is 0. The Kier molecular flexibility index (Phi) is 4.07. The molecule has 4 nitrogen and oxygen atoms in total. The molecule has 0 saturated heterocycles. The summed E-state index contributed by atoms with van der Waals surface area (Å²) in [5.41, 5.74) is 0. The smallest absolute Gasteiger partial charge is 0.339 e. The van der Waals surface area contributed by atoms with Crippen LogP contribution in [0.4, 0.5) is 13.2 Å². The average Bonchev–Trinajstić information content (AvgIpc) is 2.50. The Labute approximate surface area is 84.9 Å². The number of nitrogens with zero attached hydrogens (tertiary/aromatic N) is 2. The highest BCUT2D eigenvalue weighted by Crippen LogP contribution is 2.19. The second kappa shape index (κ2) is 5.11. The van der Waals surface area contributed by atoms with Crippen LogP contribution in [0, 0.1) is 0 Å². The minimum absolute atomic E-state index is 0.254. The molecule has 0 spiro atoms. The van der Waals surface area contributed by atoms with E-state index in [1.807, 2.05) is 0 Å². The molecule has 15 heavy (non-hydrogen) atoms. The number of aryl methyl sites for hydroxylation is 1. The lowest BCUT2D eigenvalue weighted by molar-refractivity contribution is -0.128. The number of aromatic nitrogens is 2. The summed E-state index contributed by atoms with van der Waals surface area (Å²) in [7, 11) is 1.79. The van der Waals surface area contributed by atoms with Gasteiger partial charge in [-0.1, -0.05) is 5.16 Å². The highest BCUT2D eigenvalue weighted by atomic mass is 19.4. The van der Waals surface area contributed by atoms with Crippen molar-refractivity contribution >= 4 is 0 Å². The summed E-state index contributed by atoms with van der Waals surface area (Å²) in [5, 5.41) is 6.17. The van der Waals surface area contributed by atoms with E-state index in [0.29, 0.717) is 6.42 Å². The summed E-state index contributed by atoms with van der Waals surface area (Å²) in [6.45, 7) is 0.761. The summed E-state index contributed by atoms with van der Waals surface area (Å²) in [5.74, 6) is -0.0496. The highest BCUT2D eigenvalue weighted by Gasteiger charge is 2.30. The fourth-order valence-electron chi connectivity index (χ4n) is 1.06. The Morgan fingerprint density at radius 3 is 2.73 bits per heavy atom. The predicted octanol–water partition coefficient (Wildman–Crippen LogP) is 1.33. The third kappa shape index (κ3) is 4.78. The Balaban J connectivity index is 2.42. The summed E-state index contributed by atoms with van der Waals surface area (Å²) in [4.78, 5) is 3.64. The average molecular weight is 223 g/mol. The third-order valence-electron chi connectivity index (χ3n) is 1.69. The SMILES string of the molecule is CNCCCc1nc(CC(F)(F)F)no1. The molecule has 86 valence electrons. The van der Waals surface area contributed by atoms with Crippen LogP contribution in [0.2, 0.25) is 0 Å². The number of rotatable bonds is 5. The van der Waals surface area contributed by atoms with Gasteiger partial charge in [0.05, 0.1) is 0 Å². The summed E-state index contributed by atoms with van der Waals surface area (Å²) in [6.07, 6.45) is -4.18. The Bertz CT molecular complexity index is 298. The first kappa shape index (κ1) is 12.0. The van der Waals surface area contributed by atoms with Crippen LogP contribution in [0.1, 0.15) is 18.1 Å². The zero-order chi connectivity index (χ0) is 11.3. The number of hydrogen-bond acceptors (Lipinski definition) is 4. The molecule has 0 aromatic carbocycles. The van der Waals surface area contributed by atoms with Gasteiger partial charge < -0.3 is 9.84 Å². The van der Waals surface area contributed by atoms with Gasteiger partial charge in [-0.15, -0.1) is 0 Å². The molecular weight excluding hydrogens is 211 g/mol. The van der Waals surface area contributed by atoms with Crippen LogP contribution in [0.15, 0.2) is 4.52 Å². The second-order valence-electron chi connectivity index (χ2n) is 3.10. The molecule has 0 saturated carbocycles. The fraction of sp³-hybridized carbons (Fsp3) is 0.750. The standard InChI is InChI=1S/C8H12F3N3O/c1-12-4-2-3-7-13-6(14-15-7)5-8(9,10)11/h12H,2-5H2,1H3. The zero-order valence-corrected chi connectivity index (χ0v) is 8.26. The minimum atomic E-state index is -4.29. The van der Waals surface area contributed by atoms with Gasteiger partial charge in [0.2, 0.25) is 5.89 Å². The van der Waals surface area contributed by atoms with E-state index in [4.69, 9.17) is 0 Å². The van der Waals surface area contributed by atoms with E-state index in [-0.39, 0.29) is 11.7 Å². The van der Waals surface area contributed by atoms with Gasteiger partial charge in [0.15, 0.2) is 5.82 Å². The van der Waals surface area contributed by atoms with Gasteiger partial charge in [-0.25, -0.2) is 0 Å². The largest absolute Gasteiger partial charge is 0.396 e. The molecule has 0 unspecified atom stereocenters. The van der Waals surface area contributed by atoms with E-state index in [1.165, 1.54) is 0 Å². The number of hydrogen-bond donors (Lipinski definition) is 1. The number of halogens is 3. The molecule has 0 aliphatic rings. The van der Waals surface area contributed by atoms with Crippen molar-refractivity contribution in [3.8, 4) is 0 Å². The van der Waals surface area contributed by atoms with Crippen molar-refractivity contribution in [2.24, 2.45) is 0 Å². The summed E-state index contributed by atoms with van der Waals surface area (Å²) in [6, 6.07) is 0. The molecule has 1 aromatic rings. The third-order valence-corrected chi connectivity index (χ3v) is 1.69. The van der Waals surface area contributed by atoms with Crippen LogP contribution in [0.5, 0.6) is 0 Å². The molecule has 0 radical (unpaired) electrons. The molecule has 0 fully saturated rings. The molecule has 1 aromatic heterocycles. The maximum Gasteiger partial charge on any atom is 0.396 e. The van der Waals surface area contributed by atoms with E-state index in [1.54, 1.807) is 7.05 Å². The van der Waals surface area contributed by atoms with Crippen molar-refractivity contribution in [3.05, 3.63) is 11.7 Å². The van der Waals surface area contributed by atoms with Gasteiger partial charge in [0.25, 0.3) is 0 Å².